The minimum absolute atomic E-state index is 0.0661. The Bertz CT molecular complexity index is 701. The standard InChI is InChI=1S/C13H11BF3NO4/c1-18-5-4-13(20,12(18)19)3-2-7-10(16)8(14(21)22)6-9(15)11(7)17/h6,20-22H,4-5H2,1H3/t13-/m0/s1. The van der Waals surface area contributed by atoms with Crippen LogP contribution in [0.25, 0.3) is 0 Å². The number of hydrogen-bond donors (Lipinski definition) is 3. The lowest BCUT2D eigenvalue weighted by Gasteiger charge is -2.13. The third-order valence-corrected chi connectivity index (χ3v) is 3.37. The Labute approximate surface area is 124 Å². The van der Waals surface area contributed by atoms with Crippen molar-refractivity contribution in [2.24, 2.45) is 0 Å². The molecule has 0 aliphatic carbocycles. The average Bonchev–Trinajstić information content (AvgIpc) is 2.71. The van der Waals surface area contributed by atoms with Crippen LogP contribution in [-0.2, 0) is 4.79 Å². The fourth-order valence-corrected chi connectivity index (χ4v) is 2.06. The number of benzene rings is 1. The van der Waals surface area contributed by atoms with Crippen LogP contribution in [-0.4, -0.2) is 52.3 Å². The summed E-state index contributed by atoms with van der Waals surface area (Å²) in [5.74, 6) is -1.45. The highest BCUT2D eigenvalue weighted by Crippen LogP contribution is 2.21. The van der Waals surface area contributed by atoms with E-state index in [-0.39, 0.29) is 13.0 Å². The second-order valence-corrected chi connectivity index (χ2v) is 4.91. The van der Waals surface area contributed by atoms with Gasteiger partial charge in [0.2, 0.25) is 5.60 Å². The zero-order chi connectivity index (χ0) is 16.7. The Hall–Kier alpha value is -2.02. The number of carbonyl (C=O) groups is 1. The third-order valence-electron chi connectivity index (χ3n) is 3.37. The van der Waals surface area contributed by atoms with Gasteiger partial charge in [0.1, 0.15) is 5.82 Å². The maximum atomic E-state index is 13.9. The maximum Gasteiger partial charge on any atom is 0.491 e. The lowest BCUT2D eigenvalue weighted by Crippen LogP contribution is -2.37. The molecule has 1 amide bonds. The third kappa shape index (κ3) is 2.68. The molecule has 2 rings (SSSR count). The molecule has 1 fully saturated rings. The van der Waals surface area contributed by atoms with Crippen molar-refractivity contribution in [3.8, 4) is 11.8 Å². The largest absolute Gasteiger partial charge is 0.491 e. The molecule has 0 spiro atoms. The molecule has 1 atom stereocenters. The molecule has 116 valence electrons. The van der Waals surface area contributed by atoms with Crippen LogP contribution < -0.4 is 5.46 Å². The number of hydrogen-bond acceptors (Lipinski definition) is 4. The second kappa shape index (κ2) is 5.64. The van der Waals surface area contributed by atoms with E-state index in [0.717, 1.165) is 0 Å². The van der Waals surface area contributed by atoms with Gasteiger partial charge in [0.25, 0.3) is 5.91 Å². The van der Waals surface area contributed by atoms with Gasteiger partial charge in [0.15, 0.2) is 11.6 Å². The molecule has 1 saturated heterocycles. The predicted octanol–water partition coefficient (Wildman–Crippen LogP) is -1.27. The topological polar surface area (TPSA) is 81.0 Å². The van der Waals surface area contributed by atoms with E-state index >= 15 is 0 Å². The summed E-state index contributed by atoms with van der Waals surface area (Å²) in [5, 5.41) is 27.9. The van der Waals surface area contributed by atoms with E-state index < -0.39 is 47.1 Å². The SMILES string of the molecule is CN1CC[C@@](O)(C#Cc2c(F)c(F)cc(B(O)O)c2F)C1=O. The normalized spacial score (nSPS) is 20.9. The first kappa shape index (κ1) is 16.4. The highest BCUT2D eigenvalue weighted by molar-refractivity contribution is 6.58. The summed E-state index contributed by atoms with van der Waals surface area (Å²) in [6.07, 6.45) is -0.0661. The van der Waals surface area contributed by atoms with Crippen molar-refractivity contribution in [3.63, 3.8) is 0 Å². The molecule has 0 unspecified atom stereocenters. The summed E-state index contributed by atoms with van der Waals surface area (Å²) in [6, 6.07) is 0.295. The minimum atomic E-state index is -2.36. The average molecular weight is 313 g/mol. The van der Waals surface area contributed by atoms with E-state index in [1.165, 1.54) is 11.9 Å². The summed E-state index contributed by atoms with van der Waals surface area (Å²) in [5.41, 5.74) is -4.10. The molecule has 1 aromatic carbocycles. The van der Waals surface area contributed by atoms with Gasteiger partial charge in [-0.1, -0.05) is 11.8 Å². The van der Waals surface area contributed by atoms with Gasteiger partial charge in [-0.25, -0.2) is 13.2 Å². The summed E-state index contributed by atoms with van der Waals surface area (Å²) < 4.78 is 40.9. The molecular weight excluding hydrogens is 302 g/mol. The maximum absolute atomic E-state index is 13.9. The molecule has 0 bridgehead atoms. The highest BCUT2D eigenvalue weighted by Gasteiger charge is 2.42. The number of likely N-dealkylation sites (N-methyl/N-ethyl adjacent to an activating group) is 1. The monoisotopic (exact) mass is 313 g/mol. The Morgan fingerprint density at radius 2 is 1.95 bits per heavy atom. The van der Waals surface area contributed by atoms with Gasteiger partial charge in [0, 0.05) is 25.5 Å². The van der Waals surface area contributed by atoms with Crippen molar-refractivity contribution >= 4 is 18.5 Å². The fourth-order valence-electron chi connectivity index (χ4n) is 2.06. The summed E-state index contributed by atoms with van der Waals surface area (Å²) in [7, 11) is -0.941. The van der Waals surface area contributed by atoms with Gasteiger partial charge in [-0.3, -0.25) is 4.79 Å². The Morgan fingerprint density at radius 1 is 1.32 bits per heavy atom. The van der Waals surface area contributed by atoms with Crippen LogP contribution in [0.2, 0.25) is 0 Å². The zero-order valence-electron chi connectivity index (χ0n) is 11.4. The van der Waals surface area contributed by atoms with Crippen LogP contribution in [0.15, 0.2) is 6.07 Å². The van der Waals surface area contributed by atoms with Crippen LogP contribution in [0.5, 0.6) is 0 Å². The molecule has 1 aliphatic rings. The molecule has 3 N–H and O–H groups in total. The molecule has 9 heteroatoms. The summed E-state index contributed by atoms with van der Waals surface area (Å²) >= 11 is 0. The van der Waals surface area contributed by atoms with E-state index in [1.807, 2.05) is 11.8 Å². The lowest BCUT2D eigenvalue weighted by molar-refractivity contribution is -0.137. The molecule has 0 radical (unpaired) electrons. The quantitative estimate of drug-likeness (QED) is 0.343. The first-order valence-electron chi connectivity index (χ1n) is 6.22. The summed E-state index contributed by atoms with van der Waals surface area (Å²) in [4.78, 5) is 12.9. The van der Waals surface area contributed by atoms with Gasteiger partial charge in [-0.2, -0.15) is 0 Å². The van der Waals surface area contributed by atoms with E-state index in [1.54, 1.807) is 0 Å². The van der Waals surface area contributed by atoms with Gasteiger partial charge in [0.05, 0.1) is 5.56 Å². The smallest absolute Gasteiger partial charge is 0.423 e. The molecular formula is C13H11BF3NO4. The molecule has 5 nitrogen and oxygen atoms in total. The van der Waals surface area contributed by atoms with Crippen LogP contribution in [0, 0.1) is 29.3 Å². The number of nitrogens with zero attached hydrogens (tertiary/aromatic N) is 1. The van der Waals surface area contributed by atoms with Crippen molar-refractivity contribution < 1.29 is 33.1 Å². The molecule has 22 heavy (non-hydrogen) atoms. The number of likely N-dealkylation sites (tertiary alicyclic amines) is 1. The van der Waals surface area contributed by atoms with Gasteiger partial charge in [-0.05, 0) is 6.07 Å². The first-order valence-corrected chi connectivity index (χ1v) is 6.22. The van der Waals surface area contributed by atoms with E-state index in [9.17, 15) is 23.1 Å². The number of rotatable bonds is 1. The number of halogens is 3. The van der Waals surface area contributed by atoms with E-state index in [4.69, 9.17) is 10.0 Å². The highest BCUT2D eigenvalue weighted by atomic mass is 19.2. The van der Waals surface area contributed by atoms with Gasteiger partial charge in [-0.15, -0.1) is 0 Å². The Kier molecular flexibility index (Phi) is 4.20. The summed E-state index contributed by atoms with van der Waals surface area (Å²) in [6.45, 7) is 0.207. The lowest BCUT2D eigenvalue weighted by atomic mass is 9.78. The van der Waals surface area contributed by atoms with Crippen molar-refractivity contribution in [3.05, 3.63) is 29.1 Å². The van der Waals surface area contributed by atoms with Crippen LogP contribution in [0.3, 0.4) is 0 Å². The van der Waals surface area contributed by atoms with Crippen LogP contribution >= 0.6 is 0 Å². The van der Waals surface area contributed by atoms with Crippen LogP contribution in [0.4, 0.5) is 13.2 Å². The fraction of sp³-hybridized carbons (Fsp3) is 0.308. The van der Waals surface area contributed by atoms with E-state index in [2.05, 4.69) is 0 Å². The van der Waals surface area contributed by atoms with Crippen molar-refractivity contribution in [2.45, 2.75) is 12.0 Å². The van der Waals surface area contributed by atoms with Crippen molar-refractivity contribution in [1.82, 2.24) is 4.90 Å². The predicted molar refractivity (Wildman–Crippen MR) is 70.2 cm³/mol. The van der Waals surface area contributed by atoms with Crippen molar-refractivity contribution in [2.75, 3.05) is 13.6 Å². The number of carbonyl (C=O) groups excluding carboxylic acids is 1. The Balaban J connectivity index is 2.52. The van der Waals surface area contributed by atoms with E-state index in [0.29, 0.717) is 6.07 Å². The van der Waals surface area contributed by atoms with Gasteiger partial charge >= 0.3 is 7.12 Å². The van der Waals surface area contributed by atoms with Gasteiger partial charge < -0.3 is 20.1 Å². The first-order chi connectivity index (χ1) is 10.2. The molecule has 0 aromatic heterocycles. The second-order valence-electron chi connectivity index (χ2n) is 4.91. The van der Waals surface area contributed by atoms with Crippen molar-refractivity contribution in [1.29, 1.82) is 0 Å². The van der Waals surface area contributed by atoms with Crippen LogP contribution in [0.1, 0.15) is 12.0 Å². The molecule has 1 aliphatic heterocycles. The molecule has 1 aromatic rings. The minimum Gasteiger partial charge on any atom is -0.423 e. The number of aliphatic hydroxyl groups is 1. The molecule has 0 saturated carbocycles. The number of amides is 1. The Morgan fingerprint density at radius 3 is 2.45 bits per heavy atom. The zero-order valence-corrected chi connectivity index (χ0v) is 11.4. The molecule has 1 heterocycles.